The molecular formula is C15H14N4O2S. The molecule has 0 spiro atoms. The van der Waals surface area contributed by atoms with Gasteiger partial charge in [-0.25, -0.2) is 0 Å². The largest absolute Gasteiger partial charge is 0.349 e. The zero-order chi connectivity index (χ0) is 15.5. The van der Waals surface area contributed by atoms with Crippen LogP contribution in [0.1, 0.15) is 17.8 Å². The summed E-state index contributed by atoms with van der Waals surface area (Å²) in [5, 5.41) is 13.1. The number of aromatic nitrogens is 3. The summed E-state index contributed by atoms with van der Waals surface area (Å²) in [4.78, 5) is 25.6. The van der Waals surface area contributed by atoms with Gasteiger partial charge in [0.15, 0.2) is 0 Å². The third-order valence-corrected chi connectivity index (χ3v) is 4.23. The van der Waals surface area contributed by atoms with Gasteiger partial charge in [-0.05, 0) is 30.5 Å². The van der Waals surface area contributed by atoms with Crippen LogP contribution in [0.4, 0.5) is 0 Å². The number of nitrogens with one attached hydrogen (secondary N) is 1. The van der Waals surface area contributed by atoms with Crippen LogP contribution in [0, 0.1) is 0 Å². The molecule has 0 bridgehead atoms. The van der Waals surface area contributed by atoms with Crippen LogP contribution in [-0.4, -0.2) is 20.9 Å². The Morgan fingerprint density at radius 2 is 2.14 bits per heavy atom. The Labute approximate surface area is 130 Å². The fourth-order valence-corrected chi connectivity index (χ4v) is 2.75. The van der Waals surface area contributed by atoms with Gasteiger partial charge in [0.2, 0.25) is 5.91 Å². The maximum absolute atomic E-state index is 12.4. The summed E-state index contributed by atoms with van der Waals surface area (Å²) in [6.07, 6.45) is 0. The Bertz CT molecular complexity index is 857. The van der Waals surface area contributed by atoms with Crippen LogP contribution in [0.25, 0.3) is 10.9 Å². The van der Waals surface area contributed by atoms with Crippen molar-refractivity contribution in [1.82, 2.24) is 20.3 Å². The summed E-state index contributed by atoms with van der Waals surface area (Å²) < 4.78 is 1.12. The number of fused-ring (bicyclic) bond motifs is 1. The van der Waals surface area contributed by atoms with Crippen molar-refractivity contribution < 1.29 is 4.79 Å². The third-order valence-electron chi connectivity index (χ3n) is 3.35. The molecule has 0 aliphatic heterocycles. The zero-order valence-electron chi connectivity index (χ0n) is 11.9. The van der Waals surface area contributed by atoms with Crippen molar-refractivity contribution in [3.05, 3.63) is 57.0 Å². The van der Waals surface area contributed by atoms with Crippen molar-refractivity contribution in [3.8, 4) is 0 Å². The van der Waals surface area contributed by atoms with Gasteiger partial charge in [-0.1, -0.05) is 23.4 Å². The van der Waals surface area contributed by atoms with Crippen molar-refractivity contribution in [1.29, 1.82) is 0 Å². The van der Waals surface area contributed by atoms with E-state index in [2.05, 4.69) is 15.6 Å². The molecule has 3 rings (SSSR count). The van der Waals surface area contributed by atoms with Gasteiger partial charge in [-0.2, -0.15) is 4.68 Å². The molecule has 0 aliphatic rings. The lowest BCUT2D eigenvalue weighted by molar-refractivity contribution is -0.124. The number of amides is 1. The number of hydrogen-bond acceptors (Lipinski definition) is 5. The Balaban J connectivity index is 1.82. The van der Waals surface area contributed by atoms with Gasteiger partial charge >= 0.3 is 0 Å². The highest BCUT2D eigenvalue weighted by Gasteiger charge is 2.18. The number of nitrogens with zero attached hydrogens (tertiary/aromatic N) is 3. The lowest BCUT2D eigenvalue weighted by Gasteiger charge is -2.13. The third kappa shape index (κ3) is 2.75. The number of benzene rings is 1. The van der Waals surface area contributed by atoms with Gasteiger partial charge in [0.1, 0.15) is 11.6 Å². The molecular weight excluding hydrogens is 300 g/mol. The lowest BCUT2D eigenvalue weighted by atomic mass is 10.2. The molecule has 22 heavy (non-hydrogen) atoms. The average molecular weight is 314 g/mol. The molecule has 1 atom stereocenters. The zero-order valence-corrected chi connectivity index (χ0v) is 12.7. The minimum absolute atomic E-state index is 0.264. The van der Waals surface area contributed by atoms with Crippen LogP contribution >= 0.6 is 11.3 Å². The molecule has 0 radical (unpaired) electrons. The van der Waals surface area contributed by atoms with E-state index in [1.165, 1.54) is 0 Å². The van der Waals surface area contributed by atoms with Gasteiger partial charge in [0.05, 0.1) is 11.9 Å². The minimum atomic E-state index is -0.718. The standard InChI is InChI=1S/C15H14N4O2S/c1-10(14(20)16-9-11-5-4-8-22-11)19-15(21)12-6-2-3-7-13(12)17-18-19/h2-8,10H,9H2,1H3,(H,16,20)/t10-/m0/s1. The monoisotopic (exact) mass is 314 g/mol. The Hall–Kier alpha value is -2.54. The molecule has 0 saturated heterocycles. The fraction of sp³-hybridized carbons (Fsp3) is 0.200. The van der Waals surface area contributed by atoms with E-state index in [4.69, 9.17) is 0 Å². The first kappa shape index (κ1) is 14.4. The first-order chi connectivity index (χ1) is 10.7. The molecule has 1 aromatic carbocycles. The predicted octanol–water partition coefficient (Wildman–Crippen LogP) is 1.73. The van der Waals surface area contributed by atoms with Gasteiger partial charge in [-0.15, -0.1) is 16.4 Å². The molecule has 0 unspecified atom stereocenters. The van der Waals surface area contributed by atoms with E-state index in [-0.39, 0.29) is 11.5 Å². The van der Waals surface area contributed by atoms with Crippen LogP contribution in [0.15, 0.2) is 46.6 Å². The second-order valence-corrected chi connectivity index (χ2v) is 5.86. The summed E-state index contributed by atoms with van der Waals surface area (Å²) in [6.45, 7) is 2.07. The highest BCUT2D eigenvalue weighted by atomic mass is 32.1. The Kier molecular flexibility index (Phi) is 3.97. The molecule has 1 N–H and O–H groups in total. The number of carbonyl (C=O) groups is 1. The molecule has 6 nitrogen and oxygen atoms in total. The van der Waals surface area contributed by atoms with Crippen molar-refractivity contribution in [2.45, 2.75) is 19.5 Å². The van der Waals surface area contributed by atoms with E-state index >= 15 is 0 Å². The van der Waals surface area contributed by atoms with Gasteiger partial charge in [-0.3, -0.25) is 9.59 Å². The lowest BCUT2D eigenvalue weighted by Crippen LogP contribution is -2.37. The van der Waals surface area contributed by atoms with E-state index in [9.17, 15) is 9.59 Å². The van der Waals surface area contributed by atoms with E-state index in [1.807, 2.05) is 17.5 Å². The maximum atomic E-state index is 12.4. The molecule has 7 heteroatoms. The average Bonchev–Trinajstić information content (AvgIpc) is 3.06. The number of thiophene rings is 1. The predicted molar refractivity (Wildman–Crippen MR) is 84.7 cm³/mol. The van der Waals surface area contributed by atoms with E-state index in [0.717, 1.165) is 9.56 Å². The van der Waals surface area contributed by atoms with Crippen molar-refractivity contribution in [2.24, 2.45) is 0 Å². The minimum Gasteiger partial charge on any atom is -0.349 e. The van der Waals surface area contributed by atoms with Crippen LogP contribution in [0.2, 0.25) is 0 Å². The van der Waals surface area contributed by atoms with E-state index in [0.29, 0.717) is 17.4 Å². The van der Waals surface area contributed by atoms with Gasteiger partial charge in [0, 0.05) is 4.88 Å². The van der Waals surface area contributed by atoms with Gasteiger partial charge in [0.25, 0.3) is 5.56 Å². The molecule has 0 aliphatic carbocycles. The van der Waals surface area contributed by atoms with Crippen LogP contribution in [-0.2, 0) is 11.3 Å². The smallest absolute Gasteiger partial charge is 0.278 e. The summed E-state index contributed by atoms with van der Waals surface area (Å²) in [5.74, 6) is -0.264. The maximum Gasteiger partial charge on any atom is 0.278 e. The molecule has 0 saturated carbocycles. The first-order valence-electron chi connectivity index (χ1n) is 6.81. The molecule has 112 valence electrons. The number of rotatable bonds is 4. The molecule has 1 amide bonds. The topological polar surface area (TPSA) is 76.9 Å². The quantitative estimate of drug-likeness (QED) is 0.795. The van der Waals surface area contributed by atoms with Crippen LogP contribution < -0.4 is 10.9 Å². The summed E-state index contributed by atoms with van der Waals surface area (Å²) >= 11 is 1.57. The SMILES string of the molecule is C[C@@H](C(=O)NCc1cccs1)n1nnc2ccccc2c1=O. The summed E-state index contributed by atoms with van der Waals surface area (Å²) in [7, 11) is 0. The molecule has 2 aromatic heterocycles. The second-order valence-electron chi connectivity index (χ2n) is 4.83. The number of carbonyl (C=O) groups excluding carboxylic acids is 1. The Morgan fingerprint density at radius 3 is 2.91 bits per heavy atom. The van der Waals surface area contributed by atoms with Gasteiger partial charge < -0.3 is 5.32 Å². The second kappa shape index (κ2) is 6.07. The van der Waals surface area contributed by atoms with E-state index in [1.54, 1.807) is 42.5 Å². The van der Waals surface area contributed by atoms with E-state index < -0.39 is 6.04 Å². The number of hydrogen-bond donors (Lipinski definition) is 1. The van der Waals surface area contributed by atoms with Crippen molar-refractivity contribution in [2.75, 3.05) is 0 Å². The van der Waals surface area contributed by atoms with Crippen LogP contribution in [0.3, 0.4) is 0 Å². The summed E-state index contributed by atoms with van der Waals surface area (Å²) in [6, 6.07) is 10.1. The highest BCUT2D eigenvalue weighted by Crippen LogP contribution is 2.09. The van der Waals surface area contributed by atoms with Crippen molar-refractivity contribution >= 4 is 28.1 Å². The normalized spacial score (nSPS) is 12.2. The first-order valence-corrected chi connectivity index (χ1v) is 7.69. The highest BCUT2D eigenvalue weighted by molar-refractivity contribution is 7.09. The Morgan fingerprint density at radius 1 is 1.32 bits per heavy atom. The van der Waals surface area contributed by atoms with Crippen LogP contribution in [0.5, 0.6) is 0 Å². The molecule has 2 heterocycles. The van der Waals surface area contributed by atoms with Crippen molar-refractivity contribution in [3.63, 3.8) is 0 Å². The fourth-order valence-electron chi connectivity index (χ4n) is 2.10. The summed E-state index contributed by atoms with van der Waals surface area (Å²) in [5.41, 5.74) is 0.208. The molecule has 0 fully saturated rings. The molecule has 3 aromatic rings.